The van der Waals surface area contributed by atoms with Gasteiger partial charge in [-0.3, -0.25) is 4.79 Å². The van der Waals surface area contributed by atoms with Gasteiger partial charge in [-0.2, -0.15) is 0 Å². The number of rotatable bonds is 5. The van der Waals surface area contributed by atoms with E-state index in [4.69, 9.17) is 9.47 Å². The smallest absolute Gasteiger partial charge is 0.379 e. The van der Waals surface area contributed by atoms with E-state index in [0.29, 0.717) is 0 Å². The van der Waals surface area contributed by atoms with Crippen molar-refractivity contribution in [1.82, 2.24) is 0 Å². The van der Waals surface area contributed by atoms with Gasteiger partial charge in [0.25, 0.3) is 5.78 Å². The highest BCUT2D eigenvalue weighted by Gasteiger charge is 2.26. The van der Waals surface area contributed by atoms with E-state index < -0.39 is 17.7 Å². The second kappa shape index (κ2) is 6.55. The Morgan fingerprint density at radius 3 is 1.70 bits per heavy atom. The number of hydrogen-bond acceptors (Lipinski definition) is 7. The highest BCUT2D eigenvalue weighted by molar-refractivity contribution is 6.42. The fourth-order valence-corrected chi connectivity index (χ4v) is 1.55. The second-order valence-electron chi connectivity index (χ2n) is 3.57. The Hall–Kier alpha value is -2.57. The average molecular weight is 282 g/mol. The summed E-state index contributed by atoms with van der Waals surface area (Å²) in [5, 5.41) is 0. The topological polar surface area (TPSA) is 88.1 Å². The molecule has 0 bridgehead atoms. The van der Waals surface area contributed by atoms with Crippen LogP contribution in [0.25, 0.3) is 0 Å². The van der Waals surface area contributed by atoms with Crippen LogP contribution in [-0.4, -0.2) is 46.2 Å². The molecule has 0 unspecified atom stereocenters. The summed E-state index contributed by atoms with van der Waals surface area (Å²) in [6.07, 6.45) is 0. The van der Waals surface area contributed by atoms with E-state index in [0.717, 1.165) is 14.2 Å². The van der Waals surface area contributed by atoms with Crippen molar-refractivity contribution in [1.29, 1.82) is 0 Å². The molecule has 1 aromatic carbocycles. The van der Waals surface area contributed by atoms with Gasteiger partial charge in [0, 0.05) is 5.56 Å². The van der Waals surface area contributed by atoms with E-state index in [-0.39, 0.29) is 22.6 Å². The van der Waals surface area contributed by atoms with Crippen molar-refractivity contribution in [3.8, 4) is 11.5 Å². The van der Waals surface area contributed by atoms with Crippen molar-refractivity contribution in [3.05, 3.63) is 23.3 Å². The first kappa shape index (κ1) is 15.5. The van der Waals surface area contributed by atoms with E-state index in [1.807, 2.05) is 0 Å². The predicted octanol–water partition coefficient (Wildman–Crippen LogP) is 0.846. The first-order valence-electron chi connectivity index (χ1n) is 5.47. The standard InChI is InChI=1S/C13H14O7/c1-17-9-5-7(11(14)13(16)20-4)8(12(15)19-3)6-10(9)18-2/h5-6H,1-4H3. The third-order valence-corrected chi connectivity index (χ3v) is 2.54. The molecular weight excluding hydrogens is 268 g/mol. The molecule has 0 heterocycles. The van der Waals surface area contributed by atoms with Crippen LogP contribution in [0.15, 0.2) is 12.1 Å². The molecule has 1 aromatic rings. The summed E-state index contributed by atoms with van der Waals surface area (Å²) in [4.78, 5) is 34.9. The number of ketones is 1. The Bertz CT molecular complexity index is 548. The Morgan fingerprint density at radius 2 is 1.30 bits per heavy atom. The van der Waals surface area contributed by atoms with E-state index in [2.05, 4.69) is 9.47 Å². The lowest BCUT2D eigenvalue weighted by Crippen LogP contribution is -2.20. The molecule has 20 heavy (non-hydrogen) atoms. The van der Waals surface area contributed by atoms with Gasteiger partial charge in [-0.1, -0.05) is 0 Å². The monoisotopic (exact) mass is 282 g/mol. The molecule has 7 nitrogen and oxygen atoms in total. The molecular formula is C13H14O7. The molecule has 0 amide bonds. The highest BCUT2D eigenvalue weighted by Crippen LogP contribution is 2.31. The molecule has 7 heteroatoms. The van der Waals surface area contributed by atoms with Crippen LogP contribution in [0.1, 0.15) is 20.7 Å². The maximum Gasteiger partial charge on any atom is 0.379 e. The minimum atomic E-state index is -1.10. The van der Waals surface area contributed by atoms with Crippen molar-refractivity contribution in [3.63, 3.8) is 0 Å². The lowest BCUT2D eigenvalue weighted by atomic mass is 10.0. The predicted molar refractivity (Wildman–Crippen MR) is 67.2 cm³/mol. The number of methoxy groups -OCH3 is 4. The zero-order valence-corrected chi connectivity index (χ0v) is 11.5. The summed E-state index contributed by atoms with van der Waals surface area (Å²) in [6.45, 7) is 0. The van der Waals surface area contributed by atoms with Gasteiger partial charge in [0.1, 0.15) is 0 Å². The van der Waals surface area contributed by atoms with Gasteiger partial charge in [0.2, 0.25) is 0 Å². The van der Waals surface area contributed by atoms with Crippen LogP contribution in [0.5, 0.6) is 11.5 Å². The van der Waals surface area contributed by atoms with E-state index in [1.54, 1.807) is 0 Å². The zero-order valence-electron chi connectivity index (χ0n) is 11.5. The normalized spacial score (nSPS) is 9.60. The highest BCUT2D eigenvalue weighted by atomic mass is 16.5. The van der Waals surface area contributed by atoms with Crippen molar-refractivity contribution in [2.24, 2.45) is 0 Å². The molecule has 0 spiro atoms. The molecule has 108 valence electrons. The summed E-state index contributed by atoms with van der Waals surface area (Å²) in [5.41, 5.74) is -0.290. The number of carbonyl (C=O) groups excluding carboxylic acids is 3. The van der Waals surface area contributed by atoms with Crippen molar-refractivity contribution in [2.75, 3.05) is 28.4 Å². The van der Waals surface area contributed by atoms with Gasteiger partial charge >= 0.3 is 11.9 Å². The van der Waals surface area contributed by atoms with E-state index in [9.17, 15) is 14.4 Å². The minimum Gasteiger partial charge on any atom is -0.493 e. The van der Waals surface area contributed by atoms with Crippen LogP contribution in [0.2, 0.25) is 0 Å². The number of ether oxygens (including phenoxy) is 4. The van der Waals surface area contributed by atoms with Gasteiger partial charge in [-0.25, -0.2) is 9.59 Å². The van der Waals surface area contributed by atoms with E-state index >= 15 is 0 Å². The first-order valence-corrected chi connectivity index (χ1v) is 5.47. The molecule has 0 atom stereocenters. The van der Waals surface area contributed by atoms with Gasteiger partial charge < -0.3 is 18.9 Å². The summed E-state index contributed by atoms with van der Waals surface area (Å²) in [6, 6.07) is 2.49. The summed E-state index contributed by atoms with van der Waals surface area (Å²) in [5.74, 6) is -2.42. The van der Waals surface area contributed by atoms with Crippen molar-refractivity contribution >= 4 is 17.7 Å². The molecule has 0 fully saturated rings. The average Bonchev–Trinajstić information content (AvgIpc) is 2.50. The number of esters is 2. The Balaban J connectivity index is 3.50. The molecule has 0 saturated carbocycles. The van der Waals surface area contributed by atoms with Gasteiger partial charge in [-0.05, 0) is 12.1 Å². The first-order chi connectivity index (χ1) is 9.49. The third-order valence-electron chi connectivity index (χ3n) is 2.54. The van der Waals surface area contributed by atoms with E-state index in [1.165, 1.54) is 26.4 Å². The Morgan fingerprint density at radius 1 is 0.800 bits per heavy atom. The third kappa shape index (κ3) is 2.87. The Kier molecular flexibility index (Phi) is 5.08. The number of Topliss-reactive ketones (excluding diaryl/α,β-unsaturated/α-hetero) is 1. The molecule has 0 aromatic heterocycles. The minimum absolute atomic E-state index is 0.111. The van der Waals surface area contributed by atoms with Crippen molar-refractivity contribution < 1.29 is 33.3 Å². The molecule has 0 radical (unpaired) electrons. The summed E-state index contributed by atoms with van der Waals surface area (Å²) in [7, 11) is 4.97. The lowest BCUT2D eigenvalue weighted by molar-refractivity contribution is -0.135. The van der Waals surface area contributed by atoms with Crippen LogP contribution in [0.4, 0.5) is 0 Å². The maximum absolute atomic E-state index is 11.9. The second-order valence-corrected chi connectivity index (χ2v) is 3.57. The van der Waals surface area contributed by atoms with Gasteiger partial charge in [0.05, 0.1) is 34.0 Å². The van der Waals surface area contributed by atoms with Crippen LogP contribution in [-0.2, 0) is 14.3 Å². The quantitative estimate of drug-likeness (QED) is 0.449. The molecule has 0 N–H and O–H groups in total. The Labute approximate surface area is 115 Å². The molecule has 1 rings (SSSR count). The lowest BCUT2D eigenvalue weighted by Gasteiger charge is -2.12. The van der Waals surface area contributed by atoms with Crippen LogP contribution in [0.3, 0.4) is 0 Å². The molecule has 0 aliphatic carbocycles. The largest absolute Gasteiger partial charge is 0.493 e. The number of benzene rings is 1. The maximum atomic E-state index is 11.9. The number of carbonyl (C=O) groups is 3. The fraction of sp³-hybridized carbons (Fsp3) is 0.308. The molecule has 0 aliphatic rings. The van der Waals surface area contributed by atoms with Crippen LogP contribution in [0, 0.1) is 0 Å². The summed E-state index contributed by atoms with van der Waals surface area (Å²) < 4.78 is 19.0. The molecule has 0 saturated heterocycles. The SMILES string of the molecule is COC(=O)C(=O)c1cc(OC)c(OC)cc1C(=O)OC. The fourth-order valence-electron chi connectivity index (χ4n) is 1.55. The van der Waals surface area contributed by atoms with Crippen LogP contribution >= 0.6 is 0 Å². The number of hydrogen-bond donors (Lipinski definition) is 0. The van der Waals surface area contributed by atoms with Crippen molar-refractivity contribution in [2.45, 2.75) is 0 Å². The molecule has 0 aliphatic heterocycles. The zero-order chi connectivity index (χ0) is 15.3. The van der Waals surface area contributed by atoms with Crippen LogP contribution < -0.4 is 9.47 Å². The van der Waals surface area contributed by atoms with Gasteiger partial charge in [-0.15, -0.1) is 0 Å². The van der Waals surface area contributed by atoms with Gasteiger partial charge in [0.15, 0.2) is 11.5 Å². The summed E-state index contributed by atoms with van der Waals surface area (Å²) >= 11 is 0.